The van der Waals surface area contributed by atoms with E-state index in [0.717, 1.165) is 32.8 Å². The minimum Gasteiger partial charge on any atom is -0.379 e. The summed E-state index contributed by atoms with van der Waals surface area (Å²) in [7, 11) is 4.04. The van der Waals surface area contributed by atoms with Crippen LogP contribution in [0, 0.1) is 6.92 Å². The Morgan fingerprint density at radius 3 is 2.71 bits per heavy atom. The summed E-state index contributed by atoms with van der Waals surface area (Å²) >= 11 is 0. The molecule has 17 heavy (non-hydrogen) atoms. The van der Waals surface area contributed by atoms with Crippen LogP contribution < -0.4 is 5.32 Å². The second-order valence-corrected chi connectivity index (χ2v) is 4.55. The van der Waals surface area contributed by atoms with Crippen molar-refractivity contribution in [1.82, 2.24) is 19.8 Å². The van der Waals surface area contributed by atoms with E-state index < -0.39 is 0 Å². The third-order valence-corrected chi connectivity index (χ3v) is 3.47. The van der Waals surface area contributed by atoms with Gasteiger partial charge in [0, 0.05) is 32.4 Å². The Morgan fingerprint density at radius 2 is 2.18 bits per heavy atom. The number of hydrogen-bond donors (Lipinski definition) is 1. The number of ether oxygens (including phenoxy) is 1. The fraction of sp³-hybridized carbons (Fsp3) is 0.750. The molecular weight excluding hydrogens is 216 g/mol. The van der Waals surface area contributed by atoms with Gasteiger partial charge in [-0.15, -0.1) is 0 Å². The lowest BCUT2D eigenvalue weighted by Crippen LogP contribution is -2.42. The molecule has 0 aromatic carbocycles. The van der Waals surface area contributed by atoms with Crippen LogP contribution in [0.3, 0.4) is 0 Å². The predicted molar refractivity (Wildman–Crippen MR) is 67.0 cm³/mol. The van der Waals surface area contributed by atoms with Crippen LogP contribution >= 0.6 is 0 Å². The first-order valence-electron chi connectivity index (χ1n) is 6.18. The number of nitrogens with zero attached hydrogens (tertiary/aromatic N) is 3. The van der Waals surface area contributed by atoms with Crippen LogP contribution in [0.1, 0.15) is 17.4 Å². The second-order valence-electron chi connectivity index (χ2n) is 4.55. The third-order valence-electron chi connectivity index (χ3n) is 3.47. The quantitative estimate of drug-likeness (QED) is 0.820. The Balaban J connectivity index is 2.18. The second kappa shape index (κ2) is 5.62. The topological polar surface area (TPSA) is 42.3 Å². The van der Waals surface area contributed by atoms with E-state index in [1.165, 1.54) is 11.4 Å². The van der Waals surface area contributed by atoms with Crippen LogP contribution in [-0.2, 0) is 11.8 Å². The van der Waals surface area contributed by atoms with Crippen molar-refractivity contribution in [3.8, 4) is 0 Å². The number of aryl methyl sites for hydroxylation is 1. The van der Waals surface area contributed by atoms with Gasteiger partial charge in [-0.25, -0.2) is 4.98 Å². The molecule has 1 saturated heterocycles. The molecule has 0 bridgehead atoms. The van der Waals surface area contributed by atoms with Crippen LogP contribution in [0.25, 0.3) is 0 Å². The molecule has 1 atom stereocenters. The van der Waals surface area contributed by atoms with Crippen molar-refractivity contribution in [3.63, 3.8) is 0 Å². The van der Waals surface area contributed by atoms with Crippen molar-refractivity contribution in [2.24, 2.45) is 7.05 Å². The average molecular weight is 238 g/mol. The monoisotopic (exact) mass is 238 g/mol. The molecule has 1 fully saturated rings. The zero-order chi connectivity index (χ0) is 12.3. The number of hydrogen-bond acceptors (Lipinski definition) is 4. The lowest BCUT2D eigenvalue weighted by atomic mass is 10.1. The van der Waals surface area contributed by atoms with Crippen molar-refractivity contribution in [1.29, 1.82) is 0 Å². The van der Waals surface area contributed by atoms with Gasteiger partial charge in [0.25, 0.3) is 0 Å². The van der Waals surface area contributed by atoms with Gasteiger partial charge in [-0.2, -0.15) is 0 Å². The molecular formula is C12H22N4O. The van der Waals surface area contributed by atoms with E-state index in [-0.39, 0.29) is 0 Å². The molecule has 2 rings (SSSR count). The third kappa shape index (κ3) is 2.68. The molecule has 1 aliphatic rings. The molecule has 5 heteroatoms. The standard InChI is InChI=1S/C12H22N4O/c1-10-12(14-9-15(10)3)11(8-13-2)16-4-6-17-7-5-16/h9,11,13H,4-8H2,1-3H3. The van der Waals surface area contributed by atoms with E-state index in [1.54, 1.807) is 0 Å². The summed E-state index contributed by atoms with van der Waals surface area (Å²) in [6.07, 6.45) is 1.90. The zero-order valence-corrected chi connectivity index (χ0v) is 10.9. The summed E-state index contributed by atoms with van der Waals surface area (Å²) in [6.45, 7) is 6.69. The first-order valence-corrected chi connectivity index (χ1v) is 6.18. The summed E-state index contributed by atoms with van der Waals surface area (Å²) in [5.74, 6) is 0. The van der Waals surface area contributed by atoms with Gasteiger partial charge < -0.3 is 14.6 Å². The number of likely N-dealkylation sites (N-methyl/N-ethyl adjacent to an activating group) is 1. The van der Waals surface area contributed by atoms with E-state index in [2.05, 4.69) is 26.7 Å². The number of rotatable bonds is 4. The maximum absolute atomic E-state index is 5.41. The SMILES string of the molecule is CNCC(c1ncn(C)c1C)N1CCOCC1. The van der Waals surface area contributed by atoms with Crippen LogP contribution in [0.15, 0.2) is 6.33 Å². The van der Waals surface area contributed by atoms with E-state index in [4.69, 9.17) is 4.74 Å². The molecule has 96 valence electrons. The Morgan fingerprint density at radius 1 is 1.47 bits per heavy atom. The van der Waals surface area contributed by atoms with Gasteiger partial charge >= 0.3 is 0 Å². The summed E-state index contributed by atoms with van der Waals surface area (Å²) in [5.41, 5.74) is 2.43. The highest BCUT2D eigenvalue weighted by molar-refractivity contribution is 5.16. The van der Waals surface area contributed by atoms with Gasteiger partial charge in [0.15, 0.2) is 0 Å². The van der Waals surface area contributed by atoms with Crippen molar-refractivity contribution >= 4 is 0 Å². The molecule has 1 aliphatic heterocycles. The molecule has 0 spiro atoms. The summed E-state index contributed by atoms with van der Waals surface area (Å²) < 4.78 is 7.49. The zero-order valence-electron chi connectivity index (χ0n) is 10.9. The van der Waals surface area contributed by atoms with Crippen LogP contribution in [-0.4, -0.2) is 54.3 Å². The molecule has 1 aromatic heterocycles. The molecule has 2 heterocycles. The summed E-state index contributed by atoms with van der Waals surface area (Å²) in [5, 5.41) is 3.27. The molecule has 5 nitrogen and oxygen atoms in total. The molecule has 1 unspecified atom stereocenters. The first-order chi connectivity index (χ1) is 8.24. The highest BCUT2D eigenvalue weighted by atomic mass is 16.5. The van der Waals surface area contributed by atoms with Gasteiger partial charge in [0.2, 0.25) is 0 Å². The highest BCUT2D eigenvalue weighted by Crippen LogP contribution is 2.22. The Labute approximate surface area is 103 Å². The van der Waals surface area contributed by atoms with Gasteiger partial charge in [0.05, 0.1) is 31.3 Å². The van der Waals surface area contributed by atoms with Gasteiger partial charge in [-0.1, -0.05) is 0 Å². The number of morpholine rings is 1. The lowest BCUT2D eigenvalue weighted by Gasteiger charge is -2.34. The molecule has 1 aromatic rings. The largest absolute Gasteiger partial charge is 0.379 e. The molecule has 0 radical (unpaired) electrons. The number of nitrogens with one attached hydrogen (secondary N) is 1. The van der Waals surface area contributed by atoms with Crippen LogP contribution in [0.4, 0.5) is 0 Å². The maximum atomic E-state index is 5.41. The minimum absolute atomic E-state index is 0.352. The molecule has 0 saturated carbocycles. The van der Waals surface area contributed by atoms with Crippen molar-refractivity contribution in [3.05, 3.63) is 17.7 Å². The lowest BCUT2D eigenvalue weighted by molar-refractivity contribution is 0.0156. The minimum atomic E-state index is 0.352. The predicted octanol–water partition coefficient (Wildman–Crippen LogP) is 0.321. The van der Waals surface area contributed by atoms with Crippen molar-refractivity contribution in [2.75, 3.05) is 39.9 Å². The number of aromatic nitrogens is 2. The van der Waals surface area contributed by atoms with E-state index in [9.17, 15) is 0 Å². The van der Waals surface area contributed by atoms with E-state index in [0.29, 0.717) is 6.04 Å². The van der Waals surface area contributed by atoms with E-state index >= 15 is 0 Å². The Hall–Kier alpha value is -0.910. The fourth-order valence-electron chi connectivity index (χ4n) is 2.32. The Kier molecular flexibility index (Phi) is 4.15. The van der Waals surface area contributed by atoms with Crippen LogP contribution in [0.5, 0.6) is 0 Å². The molecule has 0 amide bonds. The average Bonchev–Trinajstić information content (AvgIpc) is 2.69. The van der Waals surface area contributed by atoms with Gasteiger partial charge in [0.1, 0.15) is 0 Å². The van der Waals surface area contributed by atoms with Crippen LogP contribution in [0.2, 0.25) is 0 Å². The normalized spacial score (nSPS) is 19.5. The fourth-order valence-corrected chi connectivity index (χ4v) is 2.32. The van der Waals surface area contributed by atoms with E-state index in [1.807, 2.05) is 20.4 Å². The van der Waals surface area contributed by atoms with Gasteiger partial charge in [-0.3, -0.25) is 4.90 Å². The number of imidazole rings is 1. The molecule has 1 N–H and O–H groups in total. The summed E-state index contributed by atoms with van der Waals surface area (Å²) in [6, 6.07) is 0.352. The first kappa shape index (κ1) is 12.5. The summed E-state index contributed by atoms with van der Waals surface area (Å²) in [4.78, 5) is 7.00. The van der Waals surface area contributed by atoms with Crippen molar-refractivity contribution < 1.29 is 4.74 Å². The van der Waals surface area contributed by atoms with Gasteiger partial charge in [-0.05, 0) is 14.0 Å². The smallest absolute Gasteiger partial charge is 0.0949 e. The Bertz CT molecular complexity index is 357. The maximum Gasteiger partial charge on any atom is 0.0949 e. The molecule has 0 aliphatic carbocycles. The van der Waals surface area contributed by atoms with Crippen molar-refractivity contribution in [2.45, 2.75) is 13.0 Å². The highest BCUT2D eigenvalue weighted by Gasteiger charge is 2.25.